The van der Waals surface area contributed by atoms with Crippen LogP contribution in [0.25, 0.3) is 0 Å². The van der Waals surface area contributed by atoms with E-state index in [2.05, 4.69) is 15.9 Å². The highest BCUT2D eigenvalue weighted by Gasteiger charge is 2.44. The smallest absolute Gasteiger partial charge is 0.264 e. The van der Waals surface area contributed by atoms with Gasteiger partial charge in [-0.2, -0.15) is 0 Å². The lowest BCUT2D eigenvalue weighted by molar-refractivity contribution is 0.184. The van der Waals surface area contributed by atoms with Crippen molar-refractivity contribution in [2.75, 3.05) is 15.8 Å². The Morgan fingerprint density at radius 3 is 2.12 bits per heavy atom. The number of aliphatic hydroxyl groups excluding tert-OH is 1. The molecular weight excluding hydrogens is 430 g/mol. The monoisotopic (exact) mass is 445 g/mol. The van der Waals surface area contributed by atoms with Crippen molar-refractivity contribution in [1.82, 2.24) is 0 Å². The second kappa shape index (κ2) is 6.71. The summed E-state index contributed by atoms with van der Waals surface area (Å²) >= 11 is 3.26. The van der Waals surface area contributed by atoms with Gasteiger partial charge >= 0.3 is 0 Å². The molecule has 0 amide bonds. The van der Waals surface area contributed by atoms with Crippen molar-refractivity contribution in [2.45, 2.75) is 17.0 Å². The number of rotatable bonds is 4. The summed E-state index contributed by atoms with van der Waals surface area (Å²) in [6.45, 7) is 0. The Kier molecular flexibility index (Phi) is 4.93. The molecule has 1 saturated heterocycles. The van der Waals surface area contributed by atoms with Crippen LogP contribution < -0.4 is 4.31 Å². The van der Waals surface area contributed by atoms with Crippen molar-refractivity contribution in [2.24, 2.45) is 0 Å². The lowest BCUT2D eigenvalue weighted by Crippen LogP contribution is -2.47. The van der Waals surface area contributed by atoms with Gasteiger partial charge in [0.1, 0.15) is 0 Å². The van der Waals surface area contributed by atoms with Crippen LogP contribution in [-0.4, -0.2) is 45.6 Å². The maximum atomic E-state index is 13.2. The number of para-hydroxylation sites is 1. The standard InChI is InChI=1S/C16H16BrNO5S2/c17-12-6-8-14(9-7-12)25(22,23)18(13-4-2-1-3-5-13)15-10-24(20,21)11-16(15)19/h1-9,15-16,19H,10-11H2/t15-,16+/m1/s1. The number of nitrogens with zero attached hydrogens (tertiary/aromatic N) is 1. The Morgan fingerprint density at radius 2 is 1.60 bits per heavy atom. The maximum absolute atomic E-state index is 13.2. The molecule has 0 unspecified atom stereocenters. The number of sulfonamides is 1. The lowest BCUT2D eigenvalue weighted by Gasteiger charge is -2.31. The van der Waals surface area contributed by atoms with Crippen LogP contribution in [0.5, 0.6) is 0 Å². The summed E-state index contributed by atoms with van der Waals surface area (Å²) in [5.74, 6) is -0.865. The number of hydrogen-bond donors (Lipinski definition) is 1. The van der Waals surface area contributed by atoms with Crippen LogP contribution in [0.4, 0.5) is 5.69 Å². The molecule has 134 valence electrons. The second-order valence-electron chi connectivity index (χ2n) is 5.80. The van der Waals surface area contributed by atoms with Gasteiger partial charge in [0.2, 0.25) is 0 Å². The fourth-order valence-corrected chi connectivity index (χ4v) is 6.64. The number of anilines is 1. The van der Waals surface area contributed by atoms with Crippen molar-refractivity contribution in [3.05, 3.63) is 59.1 Å². The van der Waals surface area contributed by atoms with E-state index in [9.17, 15) is 21.9 Å². The summed E-state index contributed by atoms with van der Waals surface area (Å²) in [7, 11) is -7.56. The molecular formula is C16H16BrNO5S2. The van der Waals surface area contributed by atoms with Crippen LogP contribution in [0.3, 0.4) is 0 Å². The molecule has 2 atom stereocenters. The van der Waals surface area contributed by atoms with Crippen LogP contribution in [0.15, 0.2) is 64.0 Å². The van der Waals surface area contributed by atoms with E-state index in [1.54, 1.807) is 42.5 Å². The summed E-state index contributed by atoms with van der Waals surface area (Å²) in [5.41, 5.74) is 0.312. The van der Waals surface area contributed by atoms with E-state index in [0.717, 1.165) is 8.78 Å². The predicted molar refractivity (Wildman–Crippen MR) is 98.7 cm³/mol. The molecule has 25 heavy (non-hydrogen) atoms. The molecule has 9 heteroatoms. The SMILES string of the molecule is O=S1(=O)C[C@@H](N(c2ccccc2)S(=O)(=O)c2ccc(Br)cc2)[C@@H](O)C1. The highest BCUT2D eigenvalue weighted by Crippen LogP contribution is 2.31. The first-order valence-electron chi connectivity index (χ1n) is 7.44. The van der Waals surface area contributed by atoms with E-state index >= 15 is 0 Å². The van der Waals surface area contributed by atoms with Crippen LogP contribution >= 0.6 is 15.9 Å². The lowest BCUT2D eigenvalue weighted by atomic mass is 10.2. The summed E-state index contributed by atoms with van der Waals surface area (Å²) in [4.78, 5) is 0.0241. The molecule has 1 fully saturated rings. The summed E-state index contributed by atoms with van der Waals surface area (Å²) in [6, 6.07) is 13.2. The van der Waals surface area contributed by atoms with E-state index in [4.69, 9.17) is 0 Å². The Bertz CT molecular complexity index is 959. The molecule has 0 saturated carbocycles. The number of sulfone groups is 1. The minimum absolute atomic E-state index is 0.0241. The molecule has 1 N–H and O–H groups in total. The van der Waals surface area contributed by atoms with E-state index in [1.807, 2.05) is 0 Å². The third-order valence-electron chi connectivity index (χ3n) is 3.98. The first-order valence-corrected chi connectivity index (χ1v) is 11.5. The third kappa shape index (κ3) is 3.74. The molecule has 3 rings (SSSR count). The quantitative estimate of drug-likeness (QED) is 0.774. The summed E-state index contributed by atoms with van der Waals surface area (Å²) < 4.78 is 51.9. The van der Waals surface area contributed by atoms with E-state index in [-0.39, 0.29) is 4.90 Å². The molecule has 0 bridgehead atoms. The summed E-state index contributed by atoms with van der Waals surface area (Å²) in [6.07, 6.45) is -1.28. The fourth-order valence-electron chi connectivity index (χ4n) is 2.84. The van der Waals surface area contributed by atoms with E-state index < -0.39 is 43.5 Å². The average molecular weight is 446 g/mol. The van der Waals surface area contributed by atoms with Crippen LogP contribution in [0.1, 0.15) is 0 Å². The van der Waals surface area contributed by atoms with Crippen molar-refractivity contribution < 1.29 is 21.9 Å². The van der Waals surface area contributed by atoms with Gasteiger partial charge in [-0.15, -0.1) is 0 Å². The summed E-state index contributed by atoms with van der Waals surface area (Å²) in [5, 5.41) is 10.2. The van der Waals surface area contributed by atoms with E-state index in [1.165, 1.54) is 12.1 Å². The normalized spacial score (nSPS) is 22.6. The van der Waals surface area contributed by atoms with Crippen LogP contribution in [-0.2, 0) is 19.9 Å². The largest absolute Gasteiger partial charge is 0.390 e. The second-order valence-corrected chi connectivity index (χ2v) is 10.7. The molecule has 0 aromatic heterocycles. The Hall–Kier alpha value is -1.42. The fraction of sp³-hybridized carbons (Fsp3) is 0.250. The van der Waals surface area contributed by atoms with Crippen LogP contribution in [0, 0.1) is 0 Å². The first kappa shape index (κ1) is 18.4. The van der Waals surface area contributed by atoms with Gasteiger partial charge in [-0.3, -0.25) is 4.31 Å². The zero-order valence-corrected chi connectivity index (χ0v) is 16.2. The molecule has 1 heterocycles. The minimum atomic E-state index is -4.05. The molecule has 6 nitrogen and oxygen atoms in total. The van der Waals surface area contributed by atoms with Crippen molar-refractivity contribution in [3.8, 4) is 0 Å². The van der Waals surface area contributed by atoms with Gasteiger partial charge in [0, 0.05) is 4.47 Å². The Morgan fingerprint density at radius 1 is 1.00 bits per heavy atom. The van der Waals surface area contributed by atoms with Gasteiger partial charge in [0.05, 0.1) is 34.2 Å². The molecule has 1 aliphatic heterocycles. The topological polar surface area (TPSA) is 91.8 Å². The molecule has 2 aromatic rings. The highest BCUT2D eigenvalue weighted by molar-refractivity contribution is 9.10. The zero-order valence-electron chi connectivity index (χ0n) is 13.0. The highest BCUT2D eigenvalue weighted by atomic mass is 79.9. The Balaban J connectivity index is 2.13. The van der Waals surface area contributed by atoms with Gasteiger partial charge < -0.3 is 5.11 Å². The predicted octanol–water partition coefficient (Wildman–Crippen LogP) is 1.80. The van der Waals surface area contributed by atoms with Crippen molar-refractivity contribution in [3.63, 3.8) is 0 Å². The Labute approximate surface area is 155 Å². The molecule has 0 aliphatic carbocycles. The molecule has 0 spiro atoms. The van der Waals surface area contributed by atoms with Gasteiger partial charge in [-0.05, 0) is 36.4 Å². The zero-order chi connectivity index (χ0) is 18.2. The molecule has 1 aliphatic rings. The molecule has 2 aromatic carbocycles. The van der Waals surface area contributed by atoms with Gasteiger partial charge in [0.15, 0.2) is 9.84 Å². The number of halogens is 1. The molecule has 0 radical (unpaired) electrons. The number of benzene rings is 2. The first-order chi connectivity index (χ1) is 11.7. The van der Waals surface area contributed by atoms with Crippen molar-refractivity contribution >= 4 is 41.5 Å². The van der Waals surface area contributed by atoms with E-state index in [0.29, 0.717) is 5.69 Å². The van der Waals surface area contributed by atoms with Gasteiger partial charge in [0.25, 0.3) is 10.0 Å². The van der Waals surface area contributed by atoms with Crippen molar-refractivity contribution in [1.29, 1.82) is 0 Å². The van der Waals surface area contributed by atoms with Gasteiger partial charge in [-0.25, -0.2) is 16.8 Å². The number of hydrogen-bond acceptors (Lipinski definition) is 5. The number of aliphatic hydroxyl groups is 1. The average Bonchev–Trinajstić information content (AvgIpc) is 2.81. The minimum Gasteiger partial charge on any atom is -0.390 e. The maximum Gasteiger partial charge on any atom is 0.264 e. The van der Waals surface area contributed by atoms with Crippen LogP contribution in [0.2, 0.25) is 0 Å². The van der Waals surface area contributed by atoms with Gasteiger partial charge in [-0.1, -0.05) is 34.1 Å². The third-order valence-corrected chi connectivity index (χ3v) is 8.07.